The zero-order valence-corrected chi connectivity index (χ0v) is 17.3. The lowest BCUT2D eigenvalue weighted by atomic mass is 10.2. The zero-order chi connectivity index (χ0) is 20.8. The van der Waals surface area contributed by atoms with Crippen LogP contribution in [0.3, 0.4) is 0 Å². The summed E-state index contributed by atoms with van der Waals surface area (Å²) in [4.78, 5) is 31.1. The van der Waals surface area contributed by atoms with Gasteiger partial charge in [0.05, 0.1) is 19.3 Å². The van der Waals surface area contributed by atoms with Gasteiger partial charge in [-0.15, -0.1) is 0 Å². The molecule has 6 heterocycles. The van der Waals surface area contributed by atoms with E-state index < -0.39 is 12.0 Å². The number of H-pyrrole nitrogens is 2. The molecule has 2 unspecified atom stereocenters. The molecular formula is C19H27N11O. The largest absolute Gasteiger partial charge is 0.344 e. The highest BCUT2D eigenvalue weighted by Gasteiger charge is 2.67. The van der Waals surface area contributed by atoms with E-state index in [1.807, 2.05) is 22.3 Å². The number of aliphatic imine (C=N–C) groups is 1. The van der Waals surface area contributed by atoms with Crippen molar-refractivity contribution in [3.8, 4) is 0 Å². The van der Waals surface area contributed by atoms with Crippen LogP contribution < -0.4 is 10.3 Å². The summed E-state index contributed by atoms with van der Waals surface area (Å²) in [6.45, 7) is 4.67. The molecule has 0 bridgehead atoms. The highest BCUT2D eigenvalue weighted by Crippen LogP contribution is 2.46. The fraction of sp³-hybridized carbons (Fsp3) is 0.579. The topological polar surface area (TPSA) is 115 Å². The Morgan fingerprint density at radius 3 is 2.65 bits per heavy atom. The minimum atomic E-state index is -1.03. The first-order valence-corrected chi connectivity index (χ1v) is 11.0. The van der Waals surface area contributed by atoms with E-state index in [-0.39, 0.29) is 5.91 Å². The van der Waals surface area contributed by atoms with Gasteiger partial charge in [-0.1, -0.05) is 0 Å². The number of amides is 1. The van der Waals surface area contributed by atoms with Crippen LogP contribution in [0.4, 0.5) is 5.82 Å². The first kappa shape index (κ1) is 18.8. The Hall–Kier alpha value is -2.96. The average Bonchev–Trinajstić information content (AvgIpc) is 3.61. The molecule has 2 aromatic heterocycles. The van der Waals surface area contributed by atoms with E-state index >= 15 is 0 Å². The van der Waals surface area contributed by atoms with Crippen molar-refractivity contribution in [2.75, 3.05) is 44.2 Å². The van der Waals surface area contributed by atoms with Crippen molar-refractivity contribution in [2.45, 2.75) is 31.2 Å². The molecule has 0 saturated carbocycles. The van der Waals surface area contributed by atoms with Crippen LogP contribution in [0.5, 0.6) is 0 Å². The van der Waals surface area contributed by atoms with E-state index in [1.165, 1.54) is 0 Å². The van der Waals surface area contributed by atoms with Crippen molar-refractivity contribution in [3.05, 3.63) is 30.5 Å². The van der Waals surface area contributed by atoms with Crippen molar-refractivity contribution in [1.29, 1.82) is 0 Å². The summed E-state index contributed by atoms with van der Waals surface area (Å²) >= 11 is 0. The number of hydrogen-bond donors (Lipinski definition) is 3. The molecular weight excluding hydrogens is 398 g/mol. The Morgan fingerprint density at radius 1 is 1.10 bits per heavy atom. The minimum absolute atomic E-state index is 0.00921. The van der Waals surface area contributed by atoms with Crippen molar-refractivity contribution in [3.63, 3.8) is 0 Å². The number of carbonyl (C=O) groups excluding carboxylic acids is 1. The van der Waals surface area contributed by atoms with Crippen molar-refractivity contribution in [2.24, 2.45) is 4.99 Å². The van der Waals surface area contributed by atoms with Gasteiger partial charge in [0.25, 0.3) is 11.7 Å². The average molecular weight is 426 g/mol. The molecule has 12 heteroatoms. The summed E-state index contributed by atoms with van der Waals surface area (Å²) < 4.78 is 0. The number of rotatable bonds is 5. The number of hydrogen-bond acceptors (Lipinski definition) is 9. The number of aromatic nitrogens is 4. The van der Waals surface area contributed by atoms with Gasteiger partial charge in [-0.25, -0.2) is 9.99 Å². The third-order valence-electron chi connectivity index (χ3n) is 6.52. The molecule has 0 radical (unpaired) electrons. The van der Waals surface area contributed by atoms with Crippen molar-refractivity contribution in [1.82, 2.24) is 45.5 Å². The fourth-order valence-corrected chi connectivity index (χ4v) is 5.29. The number of aromatic amines is 2. The predicted molar refractivity (Wildman–Crippen MR) is 112 cm³/mol. The number of nitrogens with one attached hydrogen (secondary N) is 3. The summed E-state index contributed by atoms with van der Waals surface area (Å²) in [5, 5.41) is 13.3. The fourth-order valence-electron chi connectivity index (χ4n) is 5.29. The van der Waals surface area contributed by atoms with Gasteiger partial charge in [0, 0.05) is 44.6 Å². The third kappa shape index (κ3) is 2.65. The second-order valence-corrected chi connectivity index (χ2v) is 8.25. The Labute approximate surface area is 179 Å². The first-order chi connectivity index (χ1) is 15.3. The summed E-state index contributed by atoms with van der Waals surface area (Å²) in [5.41, 5.74) is 3.52. The van der Waals surface area contributed by atoms with Crippen LogP contribution >= 0.6 is 0 Å². The number of likely N-dealkylation sites (tertiary alicyclic amines) is 1. The van der Waals surface area contributed by atoms with Gasteiger partial charge < -0.3 is 4.98 Å². The van der Waals surface area contributed by atoms with E-state index in [4.69, 9.17) is 4.98 Å². The van der Waals surface area contributed by atoms with E-state index in [9.17, 15) is 4.79 Å². The van der Waals surface area contributed by atoms with E-state index in [0.717, 1.165) is 51.3 Å². The van der Waals surface area contributed by atoms with Crippen LogP contribution in [0.15, 0.2) is 29.6 Å². The monoisotopic (exact) mass is 425 g/mol. The molecule has 164 valence electrons. The van der Waals surface area contributed by atoms with E-state index in [1.54, 1.807) is 18.7 Å². The second-order valence-electron chi connectivity index (χ2n) is 8.25. The van der Waals surface area contributed by atoms with Gasteiger partial charge >= 0.3 is 0 Å². The lowest BCUT2D eigenvalue weighted by molar-refractivity contribution is -0.169. The van der Waals surface area contributed by atoms with Gasteiger partial charge in [0.1, 0.15) is 12.2 Å². The van der Waals surface area contributed by atoms with Crippen molar-refractivity contribution < 1.29 is 4.79 Å². The predicted octanol–water partition coefficient (Wildman–Crippen LogP) is -0.517. The van der Waals surface area contributed by atoms with Gasteiger partial charge in [0.15, 0.2) is 12.0 Å². The Bertz CT molecular complexity index is 932. The van der Waals surface area contributed by atoms with Crippen LogP contribution in [-0.2, 0) is 10.6 Å². The first-order valence-electron chi connectivity index (χ1n) is 11.0. The summed E-state index contributed by atoms with van der Waals surface area (Å²) in [7, 11) is 0. The van der Waals surface area contributed by atoms with Gasteiger partial charge in [-0.05, 0) is 19.3 Å². The van der Waals surface area contributed by atoms with Gasteiger partial charge in [-0.2, -0.15) is 10.1 Å². The van der Waals surface area contributed by atoms with Crippen molar-refractivity contribution >= 4 is 18.1 Å². The minimum Gasteiger partial charge on any atom is -0.344 e. The molecule has 2 atom stereocenters. The number of anilines is 1. The number of nitrogens with zero attached hydrogens (tertiary/aromatic N) is 8. The zero-order valence-electron chi connectivity index (χ0n) is 17.3. The maximum absolute atomic E-state index is 14.3. The van der Waals surface area contributed by atoms with Crippen LogP contribution in [0, 0.1) is 0 Å². The lowest BCUT2D eigenvalue weighted by Crippen LogP contribution is -2.69. The normalized spacial score (nSPS) is 29.9. The molecule has 3 saturated heterocycles. The summed E-state index contributed by atoms with van der Waals surface area (Å²) in [5.74, 6) is 0.420. The van der Waals surface area contributed by atoms with Gasteiger partial charge in [0.2, 0.25) is 0 Å². The Kier molecular flexibility index (Phi) is 4.44. The van der Waals surface area contributed by atoms with Crippen LogP contribution in [0.25, 0.3) is 0 Å². The molecule has 4 aliphatic heterocycles. The van der Waals surface area contributed by atoms with E-state index in [0.29, 0.717) is 18.9 Å². The molecule has 1 amide bonds. The quantitative estimate of drug-likeness (QED) is 0.587. The SMILES string of the molecule is O=C1C(N2CCCC2)N(c2ccn[nH]2)C(c2ncc[nH]2)(N2CCCN2)N1N1C=NCC1. The molecule has 0 aromatic carbocycles. The molecule has 3 N–H and O–H groups in total. The molecule has 3 fully saturated rings. The van der Waals surface area contributed by atoms with E-state index in [2.05, 4.69) is 40.4 Å². The highest BCUT2D eigenvalue weighted by molar-refractivity contribution is 5.90. The van der Waals surface area contributed by atoms with Crippen LogP contribution in [-0.4, -0.2) is 97.8 Å². The number of hydrazine groups is 2. The standard InChI is InChI=1S/C19H27N11O/c31-17-16(26-10-1-2-11-26)29(15-4-6-23-25-15)19(18-21-7-8-22-18,28-12-3-5-24-28)30(17)27-13-9-20-14-27/h4,6-8,14,16,24H,1-3,5,9-13H2,(H,21,22)(H,23,25). The molecule has 0 aliphatic carbocycles. The summed E-state index contributed by atoms with van der Waals surface area (Å²) in [6, 6.07) is 1.92. The molecule has 2 aromatic rings. The molecule has 12 nitrogen and oxygen atoms in total. The molecule has 0 spiro atoms. The maximum Gasteiger partial charge on any atom is 0.283 e. The van der Waals surface area contributed by atoms with Gasteiger partial charge in [-0.3, -0.25) is 35.1 Å². The lowest BCUT2D eigenvalue weighted by Gasteiger charge is -2.49. The second kappa shape index (κ2) is 7.32. The molecule has 31 heavy (non-hydrogen) atoms. The summed E-state index contributed by atoms with van der Waals surface area (Å²) in [6.07, 6.45) is 9.70. The Morgan fingerprint density at radius 2 is 2.00 bits per heavy atom. The molecule has 6 rings (SSSR count). The van der Waals surface area contributed by atoms with Crippen LogP contribution in [0.2, 0.25) is 0 Å². The smallest absolute Gasteiger partial charge is 0.283 e. The molecule has 4 aliphatic rings. The Balaban J connectivity index is 1.61. The van der Waals surface area contributed by atoms with Crippen LogP contribution in [0.1, 0.15) is 25.1 Å². The maximum atomic E-state index is 14.3. The highest BCUT2D eigenvalue weighted by atomic mass is 16.2. The third-order valence-corrected chi connectivity index (χ3v) is 6.52. The number of imidazole rings is 1. The number of carbonyl (C=O) groups is 1.